The van der Waals surface area contributed by atoms with Crippen LogP contribution in [-0.4, -0.2) is 19.1 Å². The first-order valence-electron chi connectivity index (χ1n) is 6.25. The highest BCUT2D eigenvalue weighted by atomic mass is 35.5. The third-order valence-electron chi connectivity index (χ3n) is 3.24. The number of rotatable bonds is 4. The highest BCUT2D eigenvalue weighted by Gasteiger charge is 2.09. The molecule has 0 bridgehead atoms. The number of alkyl halides is 1. The van der Waals surface area contributed by atoms with Gasteiger partial charge in [0, 0.05) is 25.5 Å². The van der Waals surface area contributed by atoms with Gasteiger partial charge in [-0.1, -0.05) is 6.07 Å². The molecule has 19 heavy (non-hydrogen) atoms. The molecule has 0 saturated heterocycles. The van der Waals surface area contributed by atoms with Gasteiger partial charge in [0.05, 0.1) is 23.2 Å². The molecule has 0 saturated carbocycles. The van der Waals surface area contributed by atoms with E-state index in [1.165, 1.54) is 5.56 Å². The zero-order valence-electron chi connectivity index (χ0n) is 10.8. The lowest BCUT2D eigenvalue weighted by Gasteiger charge is -2.08. The molecule has 0 N–H and O–H groups in total. The Labute approximate surface area is 116 Å². The Morgan fingerprint density at radius 1 is 1.26 bits per heavy atom. The summed E-state index contributed by atoms with van der Waals surface area (Å²) in [6, 6.07) is 6.32. The van der Waals surface area contributed by atoms with Crippen molar-refractivity contribution in [1.29, 1.82) is 0 Å². The van der Waals surface area contributed by atoms with E-state index in [9.17, 15) is 0 Å². The molecule has 0 atom stereocenters. The van der Waals surface area contributed by atoms with Crippen LogP contribution < -0.4 is 0 Å². The SMILES string of the molecule is Cc1ccc2c(c1)nc(CCl)n2CCn1ccnc1. The van der Waals surface area contributed by atoms with Gasteiger partial charge in [-0.3, -0.25) is 0 Å². The van der Waals surface area contributed by atoms with Crippen LogP contribution in [0.3, 0.4) is 0 Å². The normalized spacial score (nSPS) is 11.3. The minimum absolute atomic E-state index is 0.428. The number of hydrogen-bond acceptors (Lipinski definition) is 2. The van der Waals surface area contributed by atoms with Crippen molar-refractivity contribution in [2.24, 2.45) is 0 Å². The van der Waals surface area contributed by atoms with E-state index in [-0.39, 0.29) is 0 Å². The van der Waals surface area contributed by atoms with Crippen LogP contribution in [0.5, 0.6) is 0 Å². The van der Waals surface area contributed by atoms with Crippen molar-refractivity contribution in [2.75, 3.05) is 0 Å². The molecule has 2 aromatic heterocycles. The maximum atomic E-state index is 6.00. The van der Waals surface area contributed by atoms with Crippen LogP contribution in [0.1, 0.15) is 11.4 Å². The van der Waals surface area contributed by atoms with E-state index in [0.29, 0.717) is 5.88 Å². The van der Waals surface area contributed by atoms with Crippen molar-refractivity contribution in [2.45, 2.75) is 25.9 Å². The molecule has 0 aliphatic rings. The van der Waals surface area contributed by atoms with Crippen molar-refractivity contribution in [3.05, 3.63) is 48.3 Å². The number of aryl methyl sites for hydroxylation is 3. The van der Waals surface area contributed by atoms with Gasteiger partial charge in [0.2, 0.25) is 0 Å². The second-order valence-electron chi connectivity index (χ2n) is 4.61. The second-order valence-corrected chi connectivity index (χ2v) is 4.87. The molecule has 2 heterocycles. The lowest BCUT2D eigenvalue weighted by molar-refractivity contribution is 0.577. The third kappa shape index (κ3) is 2.36. The molecule has 0 unspecified atom stereocenters. The summed E-state index contributed by atoms with van der Waals surface area (Å²) in [6.45, 7) is 3.78. The summed E-state index contributed by atoms with van der Waals surface area (Å²) in [5, 5.41) is 0. The Morgan fingerprint density at radius 2 is 2.16 bits per heavy atom. The van der Waals surface area contributed by atoms with E-state index >= 15 is 0 Å². The fourth-order valence-corrected chi connectivity index (χ4v) is 2.48. The number of aromatic nitrogens is 4. The molecule has 0 aliphatic heterocycles. The van der Waals surface area contributed by atoms with Gasteiger partial charge in [-0.05, 0) is 24.6 Å². The van der Waals surface area contributed by atoms with Crippen LogP contribution >= 0.6 is 11.6 Å². The smallest absolute Gasteiger partial charge is 0.124 e. The molecular formula is C14H15ClN4. The minimum atomic E-state index is 0.428. The number of fused-ring (bicyclic) bond motifs is 1. The highest BCUT2D eigenvalue weighted by molar-refractivity contribution is 6.16. The monoisotopic (exact) mass is 274 g/mol. The average Bonchev–Trinajstić information content (AvgIpc) is 3.02. The van der Waals surface area contributed by atoms with Gasteiger partial charge in [0.15, 0.2) is 0 Å². The molecule has 1 aromatic carbocycles. The highest BCUT2D eigenvalue weighted by Crippen LogP contribution is 2.19. The van der Waals surface area contributed by atoms with Crippen LogP contribution in [0.4, 0.5) is 0 Å². The van der Waals surface area contributed by atoms with Crippen LogP contribution in [0.25, 0.3) is 11.0 Å². The number of hydrogen-bond donors (Lipinski definition) is 0. The van der Waals surface area contributed by atoms with Crippen LogP contribution in [0.2, 0.25) is 0 Å². The first kappa shape index (κ1) is 12.2. The van der Waals surface area contributed by atoms with Crippen LogP contribution in [0.15, 0.2) is 36.9 Å². The van der Waals surface area contributed by atoms with Crippen LogP contribution in [0, 0.1) is 6.92 Å². The van der Waals surface area contributed by atoms with Gasteiger partial charge >= 0.3 is 0 Å². The Hall–Kier alpha value is -1.81. The van der Waals surface area contributed by atoms with Gasteiger partial charge in [0.1, 0.15) is 5.82 Å². The molecule has 0 spiro atoms. The van der Waals surface area contributed by atoms with Crippen molar-refractivity contribution in [3.63, 3.8) is 0 Å². The van der Waals surface area contributed by atoms with E-state index < -0.39 is 0 Å². The lowest BCUT2D eigenvalue weighted by Crippen LogP contribution is -2.08. The predicted molar refractivity (Wildman–Crippen MR) is 76.3 cm³/mol. The van der Waals surface area contributed by atoms with Gasteiger partial charge in [-0.15, -0.1) is 11.6 Å². The zero-order chi connectivity index (χ0) is 13.2. The Balaban J connectivity index is 1.96. The molecule has 5 heteroatoms. The fourth-order valence-electron chi connectivity index (χ4n) is 2.28. The number of nitrogens with zero attached hydrogens (tertiary/aromatic N) is 4. The fraction of sp³-hybridized carbons (Fsp3) is 0.286. The maximum absolute atomic E-state index is 6.00. The molecule has 4 nitrogen and oxygen atoms in total. The summed E-state index contributed by atoms with van der Waals surface area (Å²) in [4.78, 5) is 8.65. The quantitative estimate of drug-likeness (QED) is 0.686. The van der Waals surface area contributed by atoms with E-state index in [4.69, 9.17) is 11.6 Å². The summed E-state index contributed by atoms with van der Waals surface area (Å²) in [5.74, 6) is 1.35. The van der Waals surface area contributed by atoms with Crippen molar-refractivity contribution >= 4 is 22.6 Å². The Morgan fingerprint density at radius 3 is 2.89 bits per heavy atom. The zero-order valence-corrected chi connectivity index (χ0v) is 11.5. The summed E-state index contributed by atoms with van der Waals surface area (Å²) >= 11 is 6.00. The minimum Gasteiger partial charge on any atom is -0.336 e. The molecule has 3 rings (SSSR count). The molecule has 0 aliphatic carbocycles. The van der Waals surface area contributed by atoms with Crippen molar-refractivity contribution in [1.82, 2.24) is 19.1 Å². The van der Waals surface area contributed by atoms with Crippen LogP contribution in [-0.2, 0) is 19.0 Å². The van der Waals surface area contributed by atoms with E-state index in [1.54, 1.807) is 6.20 Å². The largest absolute Gasteiger partial charge is 0.336 e. The van der Waals surface area contributed by atoms with Gasteiger partial charge in [0.25, 0.3) is 0 Å². The second kappa shape index (κ2) is 5.05. The summed E-state index contributed by atoms with van der Waals surface area (Å²) in [5.41, 5.74) is 3.37. The van der Waals surface area contributed by atoms with Gasteiger partial charge < -0.3 is 9.13 Å². The third-order valence-corrected chi connectivity index (χ3v) is 3.48. The maximum Gasteiger partial charge on any atom is 0.124 e. The Bertz CT molecular complexity index is 685. The first-order chi connectivity index (χ1) is 9.28. The summed E-state index contributed by atoms with van der Waals surface area (Å²) < 4.78 is 4.24. The number of benzene rings is 1. The predicted octanol–water partition coefficient (Wildman–Crippen LogP) is 2.98. The number of imidazole rings is 2. The van der Waals surface area contributed by atoms with Gasteiger partial charge in [-0.2, -0.15) is 0 Å². The van der Waals surface area contributed by atoms with E-state index in [1.807, 2.05) is 12.5 Å². The number of halogens is 1. The van der Waals surface area contributed by atoms with E-state index in [0.717, 1.165) is 29.9 Å². The molecule has 0 fully saturated rings. The van der Waals surface area contributed by atoms with Crippen molar-refractivity contribution < 1.29 is 0 Å². The van der Waals surface area contributed by atoms with Crippen molar-refractivity contribution in [3.8, 4) is 0 Å². The van der Waals surface area contributed by atoms with Gasteiger partial charge in [-0.25, -0.2) is 9.97 Å². The standard InChI is InChI=1S/C14H15ClN4/c1-11-2-3-13-12(8-11)17-14(9-15)19(13)7-6-18-5-4-16-10-18/h2-5,8,10H,6-7,9H2,1H3. The summed E-state index contributed by atoms with van der Waals surface area (Å²) in [7, 11) is 0. The molecule has 0 amide bonds. The lowest BCUT2D eigenvalue weighted by atomic mass is 10.2. The summed E-state index contributed by atoms with van der Waals surface area (Å²) in [6.07, 6.45) is 5.57. The average molecular weight is 275 g/mol. The topological polar surface area (TPSA) is 35.6 Å². The Kier molecular flexibility index (Phi) is 3.25. The molecular weight excluding hydrogens is 260 g/mol. The first-order valence-corrected chi connectivity index (χ1v) is 6.79. The molecule has 98 valence electrons. The molecule has 0 radical (unpaired) electrons. The molecule has 3 aromatic rings. The van der Waals surface area contributed by atoms with E-state index in [2.05, 4.69) is 44.2 Å².